The molecule has 11 heteroatoms. The third-order valence-electron chi connectivity index (χ3n) is 6.82. The molecule has 4 aromatic carbocycles. The van der Waals surface area contributed by atoms with Crippen LogP contribution in [0.2, 0.25) is 0 Å². The highest BCUT2D eigenvalue weighted by atomic mass is 19.4. The van der Waals surface area contributed by atoms with Crippen molar-refractivity contribution in [1.82, 2.24) is 5.32 Å². The summed E-state index contributed by atoms with van der Waals surface area (Å²) in [5, 5.41) is 2.61. The van der Waals surface area contributed by atoms with Crippen LogP contribution in [0.3, 0.4) is 0 Å². The van der Waals surface area contributed by atoms with Gasteiger partial charge in [-0.05, 0) is 47.0 Å². The number of hydrogen-bond acceptors (Lipinski definition) is 3. The summed E-state index contributed by atoms with van der Waals surface area (Å²) in [4.78, 5) is 17.8. The first-order valence-corrected chi connectivity index (χ1v) is 12.7. The number of nitrogens with zero attached hydrogens (tertiary/aromatic N) is 1. The Balaban J connectivity index is 1.41. The topological polar surface area (TPSA) is 50.7 Å². The van der Waals surface area contributed by atoms with Gasteiger partial charge in [0.1, 0.15) is 29.0 Å². The third-order valence-corrected chi connectivity index (χ3v) is 6.82. The van der Waals surface area contributed by atoms with E-state index < -0.39 is 47.5 Å². The molecule has 1 heterocycles. The summed E-state index contributed by atoms with van der Waals surface area (Å²) in [6, 6.07) is 17.4. The molecule has 0 saturated carbocycles. The molecule has 0 radical (unpaired) electrons. The summed E-state index contributed by atoms with van der Waals surface area (Å²) < 4.78 is 97.8. The monoisotopic (exact) mass is 586 g/mol. The summed E-state index contributed by atoms with van der Waals surface area (Å²) in [5.41, 5.74) is 1.53. The number of aliphatic imine (C=N–C) groups is 1. The molecule has 0 bridgehead atoms. The average Bonchev–Trinajstić information content (AvgIpc) is 3.37. The number of amides is 1. The van der Waals surface area contributed by atoms with Gasteiger partial charge in [0.2, 0.25) is 5.91 Å². The van der Waals surface area contributed by atoms with Gasteiger partial charge in [0.15, 0.2) is 0 Å². The molecule has 0 aliphatic carbocycles. The van der Waals surface area contributed by atoms with Crippen molar-refractivity contribution in [3.05, 3.63) is 125 Å². The van der Waals surface area contributed by atoms with E-state index in [-0.39, 0.29) is 35.6 Å². The minimum Gasteiger partial charge on any atom is -0.406 e. The predicted molar refractivity (Wildman–Crippen MR) is 141 cm³/mol. The molecule has 4 aromatic rings. The van der Waals surface area contributed by atoms with Crippen molar-refractivity contribution in [3.63, 3.8) is 0 Å². The number of alkyl halides is 3. The van der Waals surface area contributed by atoms with Gasteiger partial charge in [0.25, 0.3) is 0 Å². The molecular formula is C31H21F7N2O2. The first-order chi connectivity index (χ1) is 20.0. The van der Waals surface area contributed by atoms with E-state index in [4.69, 9.17) is 0 Å². The number of benzene rings is 4. The molecule has 0 saturated heterocycles. The third kappa shape index (κ3) is 6.45. The van der Waals surface area contributed by atoms with E-state index in [1.807, 2.05) is 0 Å². The van der Waals surface area contributed by atoms with Crippen LogP contribution < -0.4 is 10.1 Å². The fourth-order valence-electron chi connectivity index (χ4n) is 4.81. The van der Waals surface area contributed by atoms with Gasteiger partial charge < -0.3 is 10.1 Å². The van der Waals surface area contributed by atoms with Gasteiger partial charge in [-0.2, -0.15) is 0 Å². The van der Waals surface area contributed by atoms with Crippen molar-refractivity contribution in [2.24, 2.45) is 10.9 Å². The predicted octanol–water partition coefficient (Wildman–Crippen LogP) is 7.68. The minimum atomic E-state index is -4.81. The summed E-state index contributed by atoms with van der Waals surface area (Å²) in [6.45, 7) is -0.245. The van der Waals surface area contributed by atoms with E-state index in [2.05, 4.69) is 15.0 Å². The zero-order chi connectivity index (χ0) is 30.0. The van der Waals surface area contributed by atoms with Crippen molar-refractivity contribution in [3.8, 4) is 16.9 Å². The molecule has 216 valence electrons. The first-order valence-electron chi connectivity index (χ1n) is 12.7. The van der Waals surface area contributed by atoms with E-state index in [9.17, 15) is 35.5 Å². The van der Waals surface area contributed by atoms with Crippen molar-refractivity contribution in [2.45, 2.75) is 25.4 Å². The maximum Gasteiger partial charge on any atom is 0.573 e. The zero-order valence-corrected chi connectivity index (χ0v) is 21.6. The Morgan fingerprint density at radius 1 is 0.833 bits per heavy atom. The Bertz CT molecular complexity index is 1610. The zero-order valence-electron chi connectivity index (χ0n) is 21.6. The van der Waals surface area contributed by atoms with Gasteiger partial charge in [0, 0.05) is 30.3 Å². The Morgan fingerprint density at radius 3 is 2.05 bits per heavy atom. The van der Waals surface area contributed by atoms with Crippen LogP contribution in [0.25, 0.3) is 11.1 Å². The number of nitrogens with one attached hydrogen (secondary N) is 1. The molecular weight excluding hydrogens is 565 g/mol. The number of hydrogen-bond donors (Lipinski definition) is 1. The van der Waals surface area contributed by atoms with Gasteiger partial charge in [-0.15, -0.1) is 13.2 Å². The standard InChI is InChI=1S/C31H21F7N2O2/c32-21-11-8-20(26(35)14-21)16-39-30(41)23-15-27(28-24(33)2-1-3-25(28)34)40-29(23)19-6-4-17(5-7-19)18-9-12-22(13-10-18)42-31(36,37)38/h1-14,23,29H,15-16H2,(H,39,41)/t23-,29?/m0/s1. The van der Waals surface area contributed by atoms with Gasteiger partial charge >= 0.3 is 6.36 Å². The second kappa shape index (κ2) is 11.7. The molecule has 1 amide bonds. The summed E-state index contributed by atoms with van der Waals surface area (Å²) in [6.07, 6.45) is -4.92. The van der Waals surface area contributed by atoms with Crippen molar-refractivity contribution < 1.29 is 40.3 Å². The average molecular weight is 587 g/mol. The first kappa shape index (κ1) is 28.8. The summed E-state index contributed by atoms with van der Waals surface area (Å²) >= 11 is 0. The van der Waals surface area contributed by atoms with Crippen molar-refractivity contribution >= 4 is 11.6 Å². The molecule has 0 aromatic heterocycles. The Kier molecular flexibility index (Phi) is 8.02. The Labute approximate surface area is 235 Å². The number of carbonyl (C=O) groups is 1. The van der Waals surface area contributed by atoms with Crippen LogP contribution in [0, 0.1) is 29.2 Å². The van der Waals surface area contributed by atoms with Gasteiger partial charge in [0.05, 0.1) is 17.5 Å². The lowest BCUT2D eigenvalue weighted by molar-refractivity contribution is -0.274. The molecule has 1 aliphatic rings. The van der Waals surface area contributed by atoms with Crippen LogP contribution in [-0.2, 0) is 11.3 Å². The van der Waals surface area contributed by atoms with Crippen LogP contribution in [0.5, 0.6) is 5.75 Å². The van der Waals surface area contributed by atoms with Crippen LogP contribution in [0.4, 0.5) is 30.7 Å². The number of rotatable bonds is 7. The van der Waals surface area contributed by atoms with Gasteiger partial charge in [-0.3, -0.25) is 9.79 Å². The molecule has 42 heavy (non-hydrogen) atoms. The van der Waals surface area contributed by atoms with Gasteiger partial charge in [-0.1, -0.05) is 48.5 Å². The summed E-state index contributed by atoms with van der Waals surface area (Å²) in [5.74, 6) is -5.11. The smallest absolute Gasteiger partial charge is 0.406 e. The SMILES string of the molecule is O=C(NCc1ccc(F)cc1F)[C@H]1CC(c2c(F)cccc2F)=NC1c1ccc(-c2ccc(OC(F)(F)F)cc2)cc1. The number of ether oxygens (including phenoxy) is 1. The maximum atomic E-state index is 14.6. The molecule has 0 spiro atoms. The van der Waals surface area contributed by atoms with Crippen molar-refractivity contribution in [2.75, 3.05) is 0 Å². The van der Waals surface area contributed by atoms with Gasteiger partial charge in [-0.25, -0.2) is 17.6 Å². The lowest BCUT2D eigenvalue weighted by Gasteiger charge is -2.19. The van der Waals surface area contributed by atoms with E-state index in [0.717, 1.165) is 18.2 Å². The molecule has 4 nitrogen and oxygen atoms in total. The fraction of sp³-hybridized carbons (Fsp3) is 0.161. The van der Waals surface area contributed by atoms with E-state index in [0.29, 0.717) is 22.8 Å². The normalized spacial score (nSPS) is 16.7. The largest absolute Gasteiger partial charge is 0.573 e. The lowest BCUT2D eigenvalue weighted by Crippen LogP contribution is -2.32. The highest BCUT2D eigenvalue weighted by molar-refractivity contribution is 6.05. The lowest BCUT2D eigenvalue weighted by atomic mass is 9.89. The van der Waals surface area contributed by atoms with Crippen LogP contribution in [0.15, 0.2) is 89.9 Å². The van der Waals surface area contributed by atoms with Crippen LogP contribution in [-0.4, -0.2) is 18.0 Å². The second-order valence-electron chi connectivity index (χ2n) is 9.58. The Hall–Kier alpha value is -4.67. The van der Waals surface area contributed by atoms with Crippen LogP contribution in [0.1, 0.15) is 29.2 Å². The number of carbonyl (C=O) groups excluding carboxylic acids is 1. The highest BCUT2D eigenvalue weighted by Gasteiger charge is 2.38. The Morgan fingerprint density at radius 2 is 1.45 bits per heavy atom. The molecule has 2 atom stereocenters. The fourth-order valence-corrected chi connectivity index (χ4v) is 4.81. The second-order valence-corrected chi connectivity index (χ2v) is 9.58. The highest BCUT2D eigenvalue weighted by Crippen LogP contribution is 2.38. The van der Waals surface area contributed by atoms with E-state index in [1.54, 1.807) is 24.3 Å². The van der Waals surface area contributed by atoms with Crippen molar-refractivity contribution in [1.29, 1.82) is 0 Å². The minimum absolute atomic E-state index is 0.0491. The quantitative estimate of drug-likeness (QED) is 0.226. The van der Waals surface area contributed by atoms with E-state index in [1.165, 1.54) is 36.4 Å². The molecule has 0 fully saturated rings. The number of halogens is 7. The van der Waals surface area contributed by atoms with Crippen LogP contribution >= 0.6 is 0 Å². The summed E-state index contributed by atoms with van der Waals surface area (Å²) in [7, 11) is 0. The maximum absolute atomic E-state index is 14.6. The molecule has 1 aliphatic heterocycles. The molecule has 1 unspecified atom stereocenters. The van der Waals surface area contributed by atoms with E-state index >= 15 is 0 Å². The molecule has 5 rings (SSSR count). The molecule has 1 N–H and O–H groups in total.